The van der Waals surface area contributed by atoms with Crippen LogP contribution in [0.15, 0.2) is 0 Å². The SMILES string of the molecule is CC(COCC1CCNC1)C(N)=O. The first kappa shape index (κ1) is 10.5. The molecule has 0 aromatic heterocycles. The van der Waals surface area contributed by atoms with E-state index in [4.69, 9.17) is 10.5 Å². The summed E-state index contributed by atoms with van der Waals surface area (Å²) in [5.41, 5.74) is 5.10. The molecule has 1 heterocycles. The van der Waals surface area contributed by atoms with E-state index in [-0.39, 0.29) is 11.8 Å². The quantitative estimate of drug-likeness (QED) is 0.621. The van der Waals surface area contributed by atoms with E-state index in [1.165, 1.54) is 6.42 Å². The van der Waals surface area contributed by atoms with Crippen molar-refractivity contribution in [3.05, 3.63) is 0 Å². The molecule has 0 bridgehead atoms. The van der Waals surface area contributed by atoms with Gasteiger partial charge < -0.3 is 15.8 Å². The monoisotopic (exact) mass is 186 g/mol. The van der Waals surface area contributed by atoms with E-state index < -0.39 is 0 Å². The topological polar surface area (TPSA) is 64.3 Å². The van der Waals surface area contributed by atoms with Crippen LogP contribution in [0.1, 0.15) is 13.3 Å². The number of nitrogens with two attached hydrogens (primary N) is 1. The van der Waals surface area contributed by atoms with Crippen molar-refractivity contribution in [1.29, 1.82) is 0 Å². The van der Waals surface area contributed by atoms with Gasteiger partial charge in [0.2, 0.25) is 5.91 Å². The van der Waals surface area contributed by atoms with Crippen molar-refractivity contribution in [3.63, 3.8) is 0 Å². The number of ether oxygens (including phenoxy) is 1. The van der Waals surface area contributed by atoms with Gasteiger partial charge in [0.15, 0.2) is 0 Å². The first-order chi connectivity index (χ1) is 6.20. The summed E-state index contributed by atoms with van der Waals surface area (Å²) in [4.78, 5) is 10.7. The largest absolute Gasteiger partial charge is 0.380 e. The Morgan fingerprint density at radius 2 is 2.54 bits per heavy atom. The van der Waals surface area contributed by atoms with E-state index in [0.29, 0.717) is 12.5 Å². The zero-order valence-corrected chi connectivity index (χ0v) is 8.08. The number of hydrogen-bond acceptors (Lipinski definition) is 3. The van der Waals surface area contributed by atoms with Gasteiger partial charge in [0.1, 0.15) is 0 Å². The summed E-state index contributed by atoms with van der Waals surface area (Å²) in [6, 6.07) is 0. The number of amides is 1. The smallest absolute Gasteiger partial charge is 0.222 e. The predicted octanol–water partition coefficient (Wildman–Crippen LogP) is -0.266. The maximum Gasteiger partial charge on any atom is 0.222 e. The van der Waals surface area contributed by atoms with E-state index in [1.807, 2.05) is 0 Å². The number of carbonyl (C=O) groups excluding carboxylic acids is 1. The third-order valence-electron chi connectivity index (χ3n) is 2.37. The third kappa shape index (κ3) is 3.74. The van der Waals surface area contributed by atoms with E-state index >= 15 is 0 Å². The number of primary amides is 1. The van der Waals surface area contributed by atoms with Crippen molar-refractivity contribution in [1.82, 2.24) is 5.32 Å². The van der Waals surface area contributed by atoms with Crippen molar-refractivity contribution in [3.8, 4) is 0 Å². The Bertz CT molecular complexity index is 167. The van der Waals surface area contributed by atoms with Crippen molar-refractivity contribution in [2.24, 2.45) is 17.6 Å². The fourth-order valence-corrected chi connectivity index (χ4v) is 1.35. The molecule has 1 aliphatic rings. The summed E-state index contributed by atoms with van der Waals surface area (Å²) in [6.45, 7) is 5.09. The lowest BCUT2D eigenvalue weighted by molar-refractivity contribution is -0.123. The molecule has 0 spiro atoms. The normalized spacial score (nSPS) is 24.5. The highest BCUT2D eigenvalue weighted by Gasteiger charge is 2.15. The first-order valence-electron chi connectivity index (χ1n) is 4.78. The fourth-order valence-electron chi connectivity index (χ4n) is 1.35. The van der Waals surface area contributed by atoms with Crippen LogP contribution in [-0.4, -0.2) is 32.2 Å². The molecule has 1 aliphatic heterocycles. The van der Waals surface area contributed by atoms with Crippen LogP contribution in [0.4, 0.5) is 0 Å². The lowest BCUT2D eigenvalue weighted by Crippen LogP contribution is -2.26. The average Bonchev–Trinajstić information content (AvgIpc) is 2.56. The van der Waals surface area contributed by atoms with Crippen LogP contribution >= 0.6 is 0 Å². The Balaban J connectivity index is 2.02. The number of carbonyl (C=O) groups is 1. The third-order valence-corrected chi connectivity index (χ3v) is 2.37. The lowest BCUT2D eigenvalue weighted by atomic mass is 10.1. The van der Waals surface area contributed by atoms with Gasteiger partial charge in [-0.05, 0) is 18.9 Å². The zero-order chi connectivity index (χ0) is 9.68. The molecule has 1 saturated heterocycles. The van der Waals surface area contributed by atoms with Crippen molar-refractivity contribution in [2.75, 3.05) is 26.3 Å². The minimum absolute atomic E-state index is 0.172. The maximum atomic E-state index is 10.7. The van der Waals surface area contributed by atoms with Gasteiger partial charge in [-0.1, -0.05) is 6.92 Å². The van der Waals surface area contributed by atoms with E-state index in [1.54, 1.807) is 6.92 Å². The van der Waals surface area contributed by atoms with Crippen LogP contribution in [0.2, 0.25) is 0 Å². The maximum absolute atomic E-state index is 10.7. The van der Waals surface area contributed by atoms with Crippen molar-refractivity contribution >= 4 is 5.91 Å². The highest BCUT2D eigenvalue weighted by molar-refractivity contribution is 5.76. The fraction of sp³-hybridized carbons (Fsp3) is 0.889. The highest BCUT2D eigenvalue weighted by Crippen LogP contribution is 2.08. The highest BCUT2D eigenvalue weighted by atomic mass is 16.5. The van der Waals surface area contributed by atoms with Crippen LogP contribution in [0, 0.1) is 11.8 Å². The molecular weight excluding hydrogens is 168 g/mol. The molecule has 3 N–H and O–H groups in total. The summed E-state index contributed by atoms with van der Waals surface area (Å²) in [7, 11) is 0. The minimum atomic E-state index is -0.287. The first-order valence-corrected chi connectivity index (χ1v) is 4.78. The Kier molecular flexibility index (Phi) is 4.18. The van der Waals surface area contributed by atoms with Gasteiger partial charge >= 0.3 is 0 Å². The lowest BCUT2D eigenvalue weighted by Gasteiger charge is -2.11. The van der Waals surface area contributed by atoms with Gasteiger partial charge in [-0.2, -0.15) is 0 Å². The summed E-state index contributed by atoms with van der Waals surface area (Å²) in [5, 5.41) is 3.26. The van der Waals surface area contributed by atoms with Crippen molar-refractivity contribution < 1.29 is 9.53 Å². The summed E-state index contributed by atoms with van der Waals surface area (Å²) in [6.07, 6.45) is 1.17. The van der Waals surface area contributed by atoms with Gasteiger partial charge in [-0.3, -0.25) is 4.79 Å². The molecule has 0 aliphatic carbocycles. The molecule has 2 atom stereocenters. The van der Waals surface area contributed by atoms with Crippen LogP contribution in [0.3, 0.4) is 0 Å². The van der Waals surface area contributed by atoms with Crippen LogP contribution in [0.5, 0.6) is 0 Å². The Morgan fingerprint density at radius 3 is 3.08 bits per heavy atom. The molecule has 1 amide bonds. The van der Waals surface area contributed by atoms with E-state index in [2.05, 4.69) is 5.32 Å². The minimum Gasteiger partial charge on any atom is -0.380 e. The second-order valence-corrected chi connectivity index (χ2v) is 3.70. The van der Waals surface area contributed by atoms with Gasteiger partial charge in [0, 0.05) is 6.54 Å². The van der Waals surface area contributed by atoms with E-state index in [9.17, 15) is 4.79 Å². The number of nitrogens with one attached hydrogen (secondary N) is 1. The predicted molar refractivity (Wildman–Crippen MR) is 50.2 cm³/mol. The van der Waals surface area contributed by atoms with Crippen LogP contribution in [-0.2, 0) is 9.53 Å². The summed E-state index contributed by atoms with van der Waals surface area (Å²) in [5.74, 6) is 0.152. The molecule has 0 radical (unpaired) electrons. The molecule has 0 aromatic carbocycles. The van der Waals surface area contributed by atoms with Gasteiger partial charge in [-0.15, -0.1) is 0 Å². The van der Waals surface area contributed by atoms with Gasteiger partial charge in [0.05, 0.1) is 19.1 Å². The second kappa shape index (κ2) is 5.19. The molecule has 76 valence electrons. The molecule has 4 heteroatoms. The van der Waals surface area contributed by atoms with E-state index in [0.717, 1.165) is 19.7 Å². The molecule has 1 rings (SSSR count). The summed E-state index contributed by atoms with van der Waals surface area (Å²) >= 11 is 0. The average molecular weight is 186 g/mol. The van der Waals surface area contributed by atoms with Crippen LogP contribution in [0.25, 0.3) is 0 Å². The number of hydrogen-bond donors (Lipinski definition) is 2. The van der Waals surface area contributed by atoms with Gasteiger partial charge in [0.25, 0.3) is 0 Å². The molecule has 1 fully saturated rings. The number of rotatable bonds is 5. The van der Waals surface area contributed by atoms with Crippen LogP contribution < -0.4 is 11.1 Å². The molecule has 13 heavy (non-hydrogen) atoms. The molecule has 2 unspecified atom stereocenters. The van der Waals surface area contributed by atoms with Crippen molar-refractivity contribution in [2.45, 2.75) is 13.3 Å². The Morgan fingerprint density at radius 1 is 1.77 bits per heavy atom. The molecule has 0 saturated carbocycles. The second-order valence-electron chi connectivity index (χ2n) is 3.70. The van der Waals surface area contributed by atoms with Gasteiger partial charge in [-0.25, -0.2) is 0 Å². The Hall–Kier alpha value is -0.610. The summed E-state index contributed by atoms with van der Waals surface area (Å²) < 4.78 is 5.40. The molecule has 0 aromatic rings. The molecule has 4 nitrogen and oxygen atoms in total. The standard InChI is InChI=1S/C9H18N2O2/c1-7(9(10)12)5-13-6-8-2-3-11-4-8/h7-8,11H,2-6H2,1H3,(H2,10,12). The Labute approximate surface area is 78.8 Å². The zero-order valence-electron chi connectivity index (χ0n) is 8.08. The molecular formula is C9H18N2O2.